The zero-order valence-electron chi connectivity index (χ0n) is 11.9. The van der Waals surface area contributed by atoms with E-state index in [0.29, 0.717) is 0 Å². The standard InChI is InChI=1S/C18H18N2O/c1-20-12-11-15(14-9-5-6-10-16(14)20)17(18(19)21)13-7-3-2-4-8-13/h2-12,15,17H,1H3,(H2,19,21)/t15-,17+/m0/s1. The number of amides is 1. The Bertz CT molecular complexity index is 679. The number of nitrogens with zero attached hydrogens (tertiary/aromatic N) is 1. The molecule has 2 N–H and O–H groups in total. The summed E-state index contributed by atoms with van der Waals surface area (Å²) in [5.41, 5.74) is 8.91. The van der Waals surface area contributed by atoms with Crippen molar-refractivity contribution in [2.24, 2.45) is 5.73 Å². The first-order chi connectivity index (χ1) is 10.2. The molecule has 0 bridgehead atoms. The second-order valence-corrected chi connectivity index (χ2v) is 5.33. The van der Waals surface area contributed by atoms with Gasteiger partial charge in [-0.25, -0.2) is 0 Å². The molecule has 1 heterocycles. The first-order valence-electron chi connectivity index (χ1n) is 7.03. The van der Waals surface area contributed by atoms with E-state index in [1.807, 2.05) is 55.7 Å². The Morgan fingerprint density at radius 1 is 1.10 bits per heavy atom. The third-order valence-electron chi connectivity index (χ3n) is 4.02. The van der Waals surface area contributed by atoms with Gasteiger partial charge in [-0.3, -0.25) is 4.79 Å². The summed E-state index contributed by atoms with van der Waals surface area (Å²) in [6.07, 6.45) is 4.07. The first kappa shape index (κ1) is 13.4. The number of carbonyl (C=O) groups is 1. The van der Waals surface area contributed by atoms with Gasteiger partial charge in [0.25, 0.3) is 0 Å². The van der Waals surface area contributed by atoms with Crippen molar-refractivity contribution in [3.05, 3.63) is 78.0 Å². The van der Waals surface area contributed by atoms with Crippen LogP contribution in [-0.2, 0) is 4.79 Å². The van der Waals surface area contributed by atoms with Crippen LogP contribution in [0.15, 0.2) is 66.9 Å². The van der Waals surface area contributed by atoms with Gasteiger partial charge in [-0.1, -0.05) is 54.6 Å². The molecule has 1 amide bonds. The highest BCUT2D eigenvalue weighted by molar-refractivity contribution is 5.84. The lowest BCUT2D eigenvalue weighted by atomic mass is 9.79. The summed E-state index contributed by atoms with van der Waals surface area (Å²) >= 11 is 0. The van der Waals surface area contributed by atoms with Crippen LogP contribution in [0.5, 0.6) is 0 Å². The summed E-state index contributed by atoms with van der Waals surface area (Å²) < 4.78 is 0. The number of benzene rings is 2. The fourth-order valence-corrected chi connectivity index (χ4v) is 3.00. The Balaban J connectivity index is 2.09. The number of carbonyl (C=O) groups excluding carboxylic acids is 1. The van der Waals surface area contributed by atoms with E-state index in [9.17, 15) is 4.79 Å². The van der Waals surface area contributed by atoms with Crippen molar-refractivity contribution >= 4 is 11.6 Å². The molecule has 1 aliphatic rings. The summed E-state index contributed by atoms with van der Waals surface area (Å²) in [7, 11) is 2.01. The summed E-state index contributed by atoms with van der Waals surface area (Å²) in [4.78, 5) is 14.1. The molecule has 0 radical (unpaired) electrons. The number of primary amides is 1. The number of rotatable bonds is 3. The van der Waals surface area contributed by atoms with E-state index >= 15 is 0 Å². The van der Waals surface area contributed by atoms with Crippen LogP contribution in [-0.4, -0.2) is 13.0 Å². The molecule has 0 spiro atoms. The van der Waals surface area contributed by atoms with Crippen LogP contribution < -0.4 is 10.6 Å². The molecule has 106 valence electrons. The predicted octanol–water partition coefficient (Wildman–Crippen LogP) is 3.00. The van der Waals surface area contributed by atoms with Crippen molar-refractivity contribution in [2.45, 2.75) is 11.8 Å². The maximum atomic E-state index is 12.1. The van der Waals surface area contributed by atoms with Gasteiger partial charge < -0.3 is 10.6 Å². The lowest BCUT2D eigenvalue weighted by molar-refractivity contribution is -0.119. The van der Waals surface area contributed by atoms with Crippen molar-refractivity contribution in [1.82, 2.24) is 0 Å². The van der Waals surface area contributed by atoms with Crippen molar-refractivity contribution < 1.29 is 4.79 Å². The molecule has 0 aliphatic carbocycles. The maximum Gasteiger partial charge on any atom is 0.225 e. The molecule has 3 nitrogen and oxygen atoms in total. The van der Waals surface area contributed by atoms with Gasteiger partial charge in [0.2, 0.25) is 5.91 Å². The second-order valence-electron chi connectivity index (χ2n) is 5.33. The molecule has 0 unspecified atom stereocenters. The van der Waals surface area contributed by atoms with Gasteiger partial charge >= 0.3 is 0 Å². The molecule has 1 aliphatic heterocycles. The highest BCUT2D eigenvalue weighted by atomic mass is 16.1. The molecular formula is C18H18N2O. The molecule has 2 aromatic carbocycles. The van der Waals surface area contributed by atoms with Crippen LogP contribution in [0.1, 0.15) is 23.0 Å². The molecule has 3 heteroatoms. The Morgan fingerprint density at radius 2 is 1.76 bits per heavy atom. The third-order valence-corrected chi connectivity index (χ3v) is 4.02. The Hall–Kier alpha value is -2.55. The van der Waals surface area contributed by atoms with Crippen LogP contribution >= 0.6 is 0 Å². The maximum absolute atomic E-state index is 12.1. The largest absolute Gasteiger partial charge is 0.369 e. The van der Waals surface area contributed by atoms with Gasteiger partial charge in [-0.05, 0) is 17.2 Å². The number of hydrogen-bond donors (Lipinski definition) is 1. The van der Waals surface area contributed by atoms with E-state index in [0.717, 1.165) is 16.8 Å². The SMILES string of the molecule is CN1C=C[C@H]([C@H](C(N)=O)c2ccccc2)c2ccccc21. The lowest BCUT2D eigenvalue weighted by Crippen LogP contribution is -2.29. The number of anilines is 1. The Kier molecular flexibility index (Phi) is 3.48. The van der Waals surface area contributed by atoms with Crippen molar-refractivity contribution in [1.29, 1.82) is 0 Å². The van der Waals surface area contributed by atoms with Crippen molar-refractivity contribution in [3.8, 4) is 0 Å². The van der Waals surface area contributed by atoms with Crippen LogP contribution in [0.25, 0.3) is 0 Å². The monoisotopic (exact) mass is 278 g/mol. The van der Waals surface area contributed by atoms with Gasteiger partial charge in [0.1, 0.15) is 0 Å². The average Bonchev–Trinajstić information content (AvgIpc) is 2.51. The predicted molar refractivity (Wildman–Crippen MR) is 85.1 cm³/mol. The molecule has 2 aromatic rings. The summed E-state index contributed by atoms with van der Waals surface area (Å²) in [5.74, 6) is -0.676. The summed E-state index contributed by atoms with van der Waals surface area (Å²) in [6, 6.07) is 17.9. The molecule has 0 fully saturated rings. The zero-order chi connectivity index (χ0) is 14.8. The number of nitrogens with two attached hydrogens (primary N) is 1. The van der Waals surface area contributed by atoms with E-state index in [4.69, 9.17) is 5.73 Å². The third kappa shape index (κ3) is 2.42. The van der Waals surface area contributed by atoms with Crippen LogP contribution in [0.4, 0.5) is 5.69 Å². The smallest absolute Gasteiger partial charge is 0.225 e. The second kappa shape index (κ2) is 5.44. The molecule has 21 heavy (non-hydrogen) atoms. The van der Waals surface area contributed by atoms with Gasteiger partial charge in [0, 0.05) is 24.9 Å². The number of hydrogen-bond acceptors (Lipinski definition) is 2. The number of para-hydroxylation sites is 1. The van der Waals surface area contributed by atoms with Gasteiger partial charge in [0.05, 0.1) is 5.92 Å². The minimum Gasteiger partial charge on any atom is -0.369 e. The topological polar surface area (TPSA) is 46.3 Å². The lowest BCUT2D eigenvalue weighted by Gasteiger charge is -2.31. The molecule has 0 aromatic heterocycles. The van der Waals surface area contributed by atoms with E-state index in [1.54, 1.807) is 0 Å². The van der Waals surface area contributed by atoms with Crippen LogP contribution in [0.2, 0.25) is 0 Å². The minimum atomic E-state index is -0.350. The van der Waals surface area contributed by atoms with E-state index < -0.39 is 0 Å². The fourth-order valence-electron chi connectivity index (χ4n) is 3.00. The van der Waals surface area contributed by atoms with Gasteiger partial charge in [-0.2, -0.15) is 0 Å². The van der Waals surface area contributed by atoms with Crippen LogP contribution in [0.3, 0.4) is 0 Å². The van der Waals surface area contributed by atoms with E-state index in [2.05, 4.69) is 23.1 Å². The highest BCUT2D eigenvalue weighted by Crippen LogP contribution is 2.41. The van der Waals surface area contributed by atoms with E-state index in [1.165, 1.54) is 0 Å². The first-order valence-corrected chi connectivity index (χ1v) is 7.03. The number of allylic oxidation sites excluding steroid dienone is 1. The highest BCUT2D eigenvalue weighted by Gasteiger charge is 2.31. The van der Waals surface area contributed by atoms with E-state index in [-0.39, 0.29) is 17.7 Å². The number of fused-ring (bicyclic) bond motifs is 1. The van der Waals surface area contributed by atoms with Crippen molar-refractivity contribution in [3.63, 3.8) is 0 Å². The molecule has 2 atom stereocenters. The molecule has 3 rings (SSSR count). The summed E-state index contributed by atoms with van der Waals surface area (Å²) in [6.45, 7) is 0. The van der Waals surface area contributed by atoms with Gasteiger partial charge in [0.15, 0.2) is 0 Å². The Morgan fingerprint density at radius 3 is 2.48 bits per heavy atom. The quantitative estimate of drug-likeness (QED) is 0.938. The minimum absolute atomic E-state index is 0.0303. The van der Waals surface area contributed by atoms with Gasteiger partial charge in [-0.15, -0.1) is 0 Å². The zero-order valence-corrected chi connectivity index (χ0v) is 11.9. The molecule has 0 saturated carbocycles. The molecular weight excluding hydrogens is 260 g/mol. The van der Waals surface area contributed by atoms with Crippen molar-refractivity contribution in [2.75, 3.05) is 11.9 Å². The van der Waals surface area contributed by atoms with Crippen LogP contribution in [0, 0.1) is 0 Å². The average molecular weight is 278 g/mol. The Labute approximate surface area is 124 Å². The normalized spacial score (nSPS) is 18.1. The molecule has 0 saturated heterocycles. The fraction of sp³-hybridized carbons (Fsp3) is 0.167. The summed E-state index contributed by atoms with van der Waals surface area (Å²) in [5, 5.41) is 0.